The smallest absolute Gasteiger partial charge is 0.309 e. The van der Waals surface area contributed by atoms with E-state index in [-0.39, 0.29) is 18.0 Å². The number of aliphatic carboxylic acids is 1. The van der Waals surface area contributed by atoms with Crippen LogP contribution in [0.5, 0.6) is 0 Å². The summed E-state index contributed by atoms with van der Waals surface area (Å²) in [7, 11) is -3.65. The molecular formula is C11H11Br2NO4S. The van der Waals surface area contributed by atoms with E-state index >= 15 is 0 Å². The first-order chi connectivity index (χ1) is 8.73. The van der Waals surface area contributed by atoms with Crippen molar-refractivity contribution in [2.24, 2.45) is 5.92 Å². The average molecular weight is 413 g/mol. The number of nitrogens with zero attached hydrogens (tertiary/aromatic N) is 1. The van der Waals surface area contributed by atoms with Gasteiger partial charge in [-0.1, -0.05) is 15.9 Å². The first-order valence-corrected chi connectivity index (χ1v) is 8.44. The third-order valence-electron chi connectivity index (χ3n) is 3.03. The molecule has 1 aliphatic rings. The van der Waals surface area contributed by atoms with Gasteiger partial charge in [0.2, 0.25) is 10.0 Å². The van der Waals surface area contributed by atoms with Gasteiger partial charge >= 0.3 is 5.97 Å². The van der Waals surface area contributed by atoms with E-state index in [1.807, 2.05) is 6.92 Å². The zero-order chi connectivity index (χ0) is 14.4. The summed E-state index contributed by atoms with van der Waals surface area (Å²) in [4.78, 5) is 10.9. The molecule has 1 aliphatic heterocycles. The van der Waals surface area contributed by atoms with Gasteiger partial charge in [-0.05, 0) is 40.5 Å². The maximum atomic E-state index is 12.3. The third-order valence-corrected chi connectivity index (χ3v) is 6.67. The van der Waals surface area contributed by atoms with Crippen molar-refractivity contribution in [3.8, 4) is 0 Å². The topological polar surface area (TPSA) is 74.7 Å². The molecule has 8 heteroatoms. The Morgan fingerprint density at radius 2 is 1.89 bits per heavy atom. The van der Waals surface area contributed by atoms with Gasteiger partial charge in [-0.15, -0.1) is 0 Å². The van der Waals surface area contributed by atoms with E-state index in [0.717, 1.165) is 5.56 Å². The maximum absolute atomic E-state index is 12.3. The zero-order valence-electron chi connectivity index (χ0n) is 9.93. The molecule has 19 heavy (non-hydrogen) atoms. The summed E-state index contributed by atoms with van der Waals surface area (Å²) in [6.45, 7) is 1.90. The number of carboxylic acids is 1. The van der Waals surface area contributed by atoms with Crippen molar-refractivity contribution in [1.29, 1.82) is 0 Å². The van der Waals surface area contributed by atoms with Gasteiger partial charge < -0.3 is 5.11 Å². The van der Waals surface area contributed by atoms with Gasteiger partial charge in [0, 0.05) is 22.0 Å². The number of aryl methyl sites for hydroxylation is 1. The van der Waals surface area contributed by atoms with Crippen LogP contribution in [0.15, 0.2) is 26.0 Å². The molecule has 1 fully saturated rings. The van der Waals surface area contributed by atoms with Crippen molar-refractivity contribution in [3.05, 3.63) is 26.6 Å². The molecule has 1 aromatic rings. The van der Waals surface area contributed by atoms with Crippen molar-refractivity contribution in [3.63, 3.8) is 0 Å². The van der Waals surface area contributed by atoms with Crippen molar-refractivity contribution >= 4 is 47.9 Å². The standard InChI is InChI=1S/C11H11Br2NO4S/c1-6-2-9(13)10(3-8(6)12)19(17,18)14-4-7(5-14)11(15)16/h2-3,7H,4-5H2,1H3,(H,15,16). The van der Waals surface area contributed by atoms with E-state index in [9.17, 15) is 13.2 Å². The lowest BCUT2D eigenvalue weighted by Gasteiger charge is -2.35. The van der Waals surface area contributed by atoms with E-state index in [0.29, 0.717) is 8.95 Å². The van der Waals surface area contributed by atoms with Crippen molar-refractivity contribution in [1.82, 2.24) is 4.31 Å². The molecule has 2 rings (SSSR count). The molecule has 0 bridgehead atoms. The number of carboxylic acid groups (broad SMARTS) is 1. The van der Waals surface area contributed by atoms with Crippen LogP contribution in [0.2, 0.25) is 0 Å². The Morgan fingerprint density at radius 1 is 1.32 bits per heavy atom. The van der Waals surface area contributed by atoms with Gasteiger partial charge in [0.05, 0.1) is 10.8 Å². The minimum absolute atomic E-state index is 0.0234. The molecule has 0 amide bonds. The number of hydrogen-bond donors (Lipinski definition) is 1. The van der Waals surface area contributed by atoms with Crippen molar-refractivity contribution < 1.29 is 18.3 Å². The first kappa shape index (κ1) is 15.0. The van der Waals surface area contributed by atoms with Crippen LogP contribution in [0, 0.1) is 12.8 Å². The largest absolute Gasteiger partial charge is 0.481 e. The van der Waals surface area contributed by atoms with Crippen LogP contribution >= 0.6 is 31.9 Å². The summed E-state index contributed by atoms with van der Waals surface area (Å²) < 4.78 is 27.0. The van der Waals surface area contributed by atoms with Gasteiger partial charge in [-0.25, -0.2) is 8.42 Å². The molecule has 1 saturated heterocycles. The van der Waals surface area contributed by atoms with Crippen LogP contribution in [-0.4, -0.2) is 36.9 Å². The Bertz CT molecular complexity index is 638. The Morgan fingerprint density at radius 3 is 2.42 bits per heavy atom. The quantitative estimate of drug-likeness (QED) is 0.825. The number of sulfonamides is 1. The highest BCUT2D eigenvalue weighted by molar-refractivity contribution is 9.11. The lowest BCUT2D eigenvalue weighted by molar-refractivity contribution is -0.145. The Labute approximate surface area is 127 Å². The fourth-order valence-corrected chi connectivity index (χ4v) is 4.92. The minimum atomic E-state index is -3.65. The molecule has 0 spiro atoms. The number of halogens is 2. The molecule has 1 aromatic carbocycles. The molecule has 0 aromatic heterocycles. The highest BCUT2D eigenvalue weighted by Crippen LogP contribution is 2.33. The molecular weight excluding hydrogens is 402 g/mol. The Hall–Kier alpha value is -0.440. The number of rotatable bonds is 3. The average Bonchev–Trinajstić information content (AvgIpc) is 2.19. The predicted octanol–water partition coefficient (Wildman–Crippen LogP) is 2.23. The Kier molecular flexibility index (Phi) is 4.06. The monoisotopic (exact) mass is 411 g/mol. The molecule has 0 unspecified atom stereocenters. The summed E-state index contributed by atoms with van der Waals surface area (Å²) in [6, 6.07) is 3.24. The summed E-state index contributed by atoms with van der Waals surface area (Å²) in [5.74, 6) is -1.57. The Balaban J connectivity index is 2.32. The number of hydrogen-bond acceptors (Lipinski definition) is 3. The molecule has 5 nitrogen and oxygen atoms in total. The van der Waals surface area contributed by atoms with Gasteiger partial charge in [0.15, 0.2) is 0 Å². The lowest BCUT2D eigenvalue weighted by Crippen LogP contribution is -2.52. The third kappa shape index (κ3) is 2.72. The molecule has 0 radical (unpaired) electrons. The molecule has 104 valence electrons. The second-order valence-corrected chi connectivity index (χ2v) is 8.00. The highest BCUT2D eigenvalue weighted by atomic mass is 79.9. The minimum Gasteiger partial charge on any atom is -0.481 e. The van der Waals surface area contributed by atoms with Crippen LogP contribution in [0.1, 0.15) is 5.56 Å². The van der Waals surface area contributed by atoms with E-state index in [1.165, 1.54) is 10.4 Å². The highest BCUT2D eigenvalue weighted by Gasteiger charge is 2.41. The van der Waals surface area contributed by atoms with E-state index in [4.69, 9.17) is 5.11 Å². The molecule has 0 atom stereocenters. The van der Waals surface area contributed by atoms with E-state index in [2.05, 4.69) is 31.9 Å². The van der Waals surface area contributed by atoms with Gasteiger partial charge in [0.25, 0.3) is 0 Å². The predicted molar refractivity (Wildman–Crippen MR) is 76.5 cm³/mol. The van der Waals surface area contributed by atoms with Crippen LogP contribution in [-0.2, 0) is 14.8 Å². The van der Waals surface area contributed by atoms with Crippen molar-refractivity contribution in [2.45, 2.75) is 11.8 Å². The van der Waals surface area contributed by atoms with E-state index in [1.54, 1.807) is 6.07 Å². The van der Waals surface area contributed by atoms with Crippen LogP contribution in [0.3, 0.4) is 0 Å². The molecule has 0 aliphatic carbocycles. The summed E-state index contributed by atoms with van der Waals surface area (Å²) >= 11 is 6.54. The van der Waals surface area contributed by atoms with Crippen LogP contribution in [0.4, 0.5) is 0 Å². The number of carbonyl (C=O) groups is 1. The normalized spacial score (nSPS) is 17.2. The van der Waals surface area contributed by atoms with Gasteiger partial charge in [-0.3, -0.25) is 4.79 Å². The second kappa shape index (κ2) is 5.16. The molecule has 1 heterocycles. The molecule has 0 saturated carbocycles. The second-order valence-electron chi connectivity index (χ2n) is 4.39. The van der Waals surface area contributed by atoms with Crippen LogP contribution in [0.25, 0.3) is 0 Å². The first-order valence-electron chi connectivity index (χ1n) is 5.42. The summed E-state index contributed by atoms with van der Waals surface area (Å²) in [5, 5.41) is 8.78. The fourth-order valence-electron chi connectivity index (χ4n) is 1.76. The van der Waals surface area contributed by atoms with Crippen molar-refractivity contribution in [2.75, 3.05) is 13.1 Å². The maximum Gasteiger partial charge on any atom is 0.309 e. The molecule has 1 N–H and O–H groups in total. The van der Waals surface area contributed by atoms with Gasteiger partial charge in [0.1, 0.15) is 0 Å². The zero-order valence-corrected chi connectivity index (χ0v) is 13.9. The summed E-state index contributed by atoms with van der Waals surface area (Å²) in [5.41, 5.74) is 0.915. The number of benzene rings is 1. The van der Waals surface area contributed by atoms with Gasteiger partial charge in [-0.2, -0.15) is 4.31 Å². The lowest BCUT2D eigenvalue weighted by atomic mass is 10.0. The SMILES string of the molecule is Cc1cc(Br)c(S(=O)(=O)N2CC(C(=O)O)C2)cc1Br. The van der Waals surface area contributed by atoms with Crippen LogP contribution < -0.4 is 0 Å². The summed E-state index contributed by atoms with van der Waals surface area (Å²) in [6.07, 6.45) is 0. The van der Waals surface area contributed by atoms with E-state index < -0.39 is 21.9 Å². The fraction of sp³-hybridized carbons (Fsp3) is 0.364.